The van der Waals surface area contributed by atoms with E-state index in [1.54, 1.807) is 6.20 Å². The quantitative estimate of drug-likeness (QED) is 0.834. The number of aromatic amines is 1. The lowest BCUT2D eigenvalue weighted by Crippen LogP contribution is -2.23. The van der Waals surface area contributed by atoms with E-state index >= 15 is 0 Å². The van der Waals surface area contributed by atoms with Crippen LogP contribution in [-0.2, 0) is 13.6 Å². The summed E-state index contributed by atoms with van der Waals surface area (Å²) in [6.07, 6.45) is 4.95. The van der Waals surface area contributed by atoms with Crippen LogP contribution in [-0.4, -0.2) is 33.7 Å². The predicted octanol–water partition coefficient (Wildman–Crippen LogP) is 0.148. The lowest BCUT2D eigenvalue weighted by atomic mass is 10.4. The van der Waals surface area contributed by atoms with Crippen molar-refractivity contribution in [2.45, 2.75) is 6.54 Å². The van der Waals surface area contributed by atoms with Gasteiger partial charge >= 0.3 is 0 Å². The first-order valence-corrected chi connectivity index (χ1v) is 5.42. The van der Waals surface area contributed by atoms with Gasteiger partial charge in [0.1, 0.15) is 5.82 Å². The number of ether oxygens (including phenoxy) is 1. The molecule has 2 aromatic rings. The van der Waals surface area contributed by atoms with Crippen molar-refractivity contribution < 1.29 is 4.74 Å². The first-order chi connectivity index (χ1) is 8.63. The summed E-state index contributed by atoms with van der Waals surface area (Å²) in [4.78, 5) is 24.2. The molecule has 0 aliphatic rings. The molecule has 18 heavy (non-hydrogen) atoms. The fourth-order valence-electron chi connectivity index (χ4n) is 1.67. The average Bonchev–Trinajstić information content (AvgIpc) is 2.74. The number of rotatable bonds is 4. The monoisotopic (exact) mass is 249 g/mol. The van der Waals surface area contributed by atoms with Gasteiger partial charge in [-0.3, -0.25) is 4.79 Å². The normalized spacial score (nSPS) is 10.4. The maximum atomic E-state index is 11.6. The van der Waals surface area contributed by atoms with Gasteiger partial charge in [0, 0.05) is 26.5 Å². The molecule has 0 atom stereocenters. The Morgan fingerprint density at radius 1 is 1.50 bits per heavy atom. The third-order valence-electron chi connectivity index (χ3n) is 2.66. The van der Waals surface area contributed by atoms with Crippen LogP contribution in [0.2, 0.25) is 0 Å². The van der Waals surface area contributed by atoms with Crippen LogP contribution < -0.4 is 15.2 Å². The van der Waals surface area contributed by atoms with Gasteiger partial charge < -0.3 is 19.2 Å². The highest BCUT2D eigenvalue weighted by Crippen LogP contribution is 2.20. The molecular formula is C11H15N5O2. The smallest absolute Gasteiger partial charge is 0.295 e. The van der Waals surface area contributed by atoms with E-state index in [2.05, 4.69) is 15.0 Å². The van der Waals surface area contributed by atoms with Gasteiger partial charge in [0.2, 0.25) is 5.75 Å². The zero-order valence-electron chi connectivity index (χ0n) is 10.5. The van der Waals surface area contributed by atoms with Crippen molar-refractivity contribution in [1.82, 2.24) is 19.5 Å². The first kappa shape index (κ1) is 12.2. The van der Waals surface area contributed by atoms with E-state index in [9.17, 15) is 4.79 Å². The van der Waals surface area contributed by atoms with Gasteiger partial charge in [-0.2, -0.15) is 0 Å². The Kier molecular flexibility index (Phi) is 3.31. The molecule has 0 radical (unpaired) electrons. The number of anilines is 1. The molecular weight excluding hydrogens is 234 g/mol. The van der Waals surface area contributed by atoms with Gasteiger partial charge in [-0.1, -0.05) is 0 Å². The van der Waals surface area contributed by atoms with Gasteiger partial charge in [0.05, 0.1) is 20.0 Å². The Morgan fingerprint density at radius 3 is 2.89 bits per heavy atom. The Bertz CT molecular complexity index is 589. The zero-order chi connectivity index (χ0) is 13.1. The molecule has 2 heterocycles. The van der Waals surface area contributed by atoms with Crippen molar-refractivity contribution in [3.8, 4) is 5.75 Å². The van der Waals surface area contributed by atoms with Crippen LogP contribution in [0.3, 0.4) is 0 Å². The van der Waals surface area contributed by atoms with Gasteiger partial charge in [0.15, 0.2) is 5.82 Å². The Hall–Kier alpha value is -2.31. The first-order valence-electron chi connectivity index (χ1n) is 5.42. The summed E-state index contributed by atoms with van der Waals surface area (Å²) < 4.78 is 6.98. The second-order valence-electron chi connectivity index (χ2n) is 3.90. The molecule has 0 bridgehead atoms. The second-order valence-corrected chi connectivity index (χ2v) is 3.90. The van der Waals surface area contributed by atoms with Gasteiger partial charge in [-0.25, -0.2) is 9.97 Å². The molecule has 7 nitrogen and oxygen atoms in total. The largest absolute Gasteiger partial charge is 0.489 e. The van der Waals surface area contributed by atoms with Crippen LogP contribution in [0.25, 0.3) is 0 Å². The molecule has 2 aromatic heterocycles. The number of nitrogens with one attached hydrogen (secondary N) is 1. The van der Waals surface area contributed by atoms with E-state index in [1.807, 2.05) is 29.8 Å². The van der Waals surface area contributed by atoms with Crippen molar-refractivity contribution >= 4 is 5.82 Å². The SMILES string of the molecule is COc1c(N(C)Cc2nccn2C)nc[nH]c1=O. The van der Waals surface area contributed by atoms with E-state index < -0.39 is 0 Å². The summed E-state index contributed by atoms with van der Waals surface area (Å²) in [5.41, 5.74) is -0.297. The van der Waals surface area contributed by atoms with Crippen LogP contribution in [0.15, 0.2) is 23.5 Å². The van der Waals surface area contributed by atoms with Crippen LogP contribution in [0.5, 0.6) is 5.75 Å². The molecule has 0 spiro atoms. The molecule has 0 saturated carbocycles. The Morgan fingerprint density at radius 2 is 2.28 bits per heavy atom. The lowest BCUT2D eigenvalue weighted by Gasteiger charge is -2.19. The van der Waals surface area contributed by atoms with Gasteiger partial charge in [-0.05, 0) is 0 Å². The molecule has 0 aromatic carbocycles. The summed E-state index contributed by atoms with van der Waals surface area (Å²) in [5.74, 6) is 1.57. The highest BCUT2D eigenvalue weighted by molar-refractivity contribution is 5.49. The summed E-state index contributed by atoms with van der Waals surface area (Å²) in [6.45, 7) is 0.538. The number of methoxy groups -OCH3 is 1. The fourth-order valence-corrected chi connectivity index (χ4v) is 1.67. The minimum atomic E-state index is -0.297. The zero-order valence-corrected chi connectivity index (χ0v) is 10.5. The molecule has 0 amide bonds. The number of hydrogen-bond acceptors (Lipinski definition) is 5. The lowest BCUT2D eigenvalue weighted by molar-refractivity contribution is 0.406. The second kappa shape index (κ2) is 4.91. The molecule has 96 valence electrons. The standard InChI is InChI=1S/C11H15N5O2/c1-15-5-4-12-8(15)6-16(2)10-9(18-3)11(17)14-7-13-10/h4-5,7H,6H2,1-3H3,(H,13,14,17). The molecule has 2 rings (SSSR count). The van der Waals surface area contributed by atoms with Crippen LogP contribution in [0, 0.1) is 0 Å². The van der Waals surface area contributed by atoms with Crippen molar-refractivity contribution in [2.75, 3.05) is 19.1 Å². The number of hydrogen-bond donors (Lipinski definition) is 1. The number of H-pyrrole nitrogens is 1. The Labute approximate surface area is 104 Å². The predicted molar refractivity (Wildman–Crippen MR) is 66.7 cm³/mol. The molecule has 0 saturated heterocycles. The highest BCUT2D eigenvalue weighted by Gasteiger charge is 2.14. The number of imidazole rings is 1. The number of aromatic nitrogens is 4. The van der Waals surface area contributed by atoms with Gasteiger partial charge in [0.25, 0.3) is 5.56 Å². The van der Waals surface area contributed by atoms with Crippen molar-refractivity contribution in [3.63, 3.8) is 0 Å². The minimum absolute atomic E-state index is 0.203. The Balaban J connectivity index is 2.29. The van der Waals surface area contributed by atoms with Crippen molar-refractivity contribution in [2.24, 2.45) is 7.05 Å². The third kappa shape index (κ3) is 2.20. The highest BCUT2D eigenvalue weighted by atomic mass is 16.5. The van der Waals surface area contributed by atoms with Crippen molar-refractivity contribution in [1.29, 1.82) is 0 Å². The van der Waals surface area contributed by atoms with Crippen molar-refractivity contribution in [3.05, 3.63) is 34.9 Å². The fraction of sp³-hybridized carbons (Fsp3) is 0.364. The maximum Gasteiger partial charge on any atom is 0.295 e. The van der Waals surface area contributed by atoms with Crippen LogP contribution >= 0.6 is 0 Å². The topological polar surface area (TPSA) is 76.0 Å². The number of aryl methyl sites for hydroxylation is 1. The van der Waals surface area contributed by atoms with E-state index in [4.69, 9.17) is 4.74 Å². The molecule has 0 unspecified atom stereocenters. The molecule has 1 N–H and O–H groups in total. The number of nitrogens with zero attached hydrogens (tertiary/aromatic N) is 4. The van der Waals surface area contributed by atoms with E-state index in [-0.39, 0.29) is 11.3 Å². The minimum Gasteiger partial charge on any atom is -0.489 e. The summed E-state index contributed by atoms with van der Waals surface area (Å²) in [5, 5.41) is 0. The van der Waals surface area contributed by atoms with E-state index in [0.29, 0.717) is 12.4 Å². The molecule has 0 aliphatic carbocycles. The summed E-state index contributed by atoms with van der Waals surface area (Å²) in [7, 11) is 5.20. The van der Waals surface area contributed by atoms with Crippen LogP contribution in [0.1, 0.15) is 5.82 Å². The van der Waals surface area contributed by atoms with E-state index in [0.717, 1.165) is 5.82 Å². The molecule has 0 aliphatic heterocycles. The summed E-state index contributed by atoms with van der Waals surface area (Å²) in [6, 6.07) is 0. The average molecular weight is 249 g/mol. The molecule has 0 fully saturated rings. The van der Waals surface area contributed by atoms with Gasteiger partial charge in [-0.15, -0.1) is 0 Å². The maximum absolute atomic E-state index is 11.6. The molecule has 7 heteroatoms. The van der Waals surface area contributed by atoms with E-state index in [1.165, 1.54) is 13.4 Å². The summed E-state index contributed by atoms with van der Waals surface area (Å²) >= 11 is 0. The third-order valence-corrected chi connectivity index (χ3v) is 2.66. The van der Waals surface area contributed by atoms with Crippen LogP contribution in [0.4, 0.5) is 5.82 Å².